The Hall–Kier alpha value is -1.91. The molecule has 2 aromatic rings. The van der Waals surface area contributed by atoms with E-state index in [4.69, 9.17) is 26.4 Å². The lowest BCUT2D eigenvalue weighted by Crippen LogP contribution is -2.40. The number of nitrogens with one attached hydrogen (secondary N) is 1. The van der Waals surface area contributed by atoms with Crippen LogP contribution in [0.3, 0.4) is 0 Å². The van der Waals surface area contributed by atoms with E-state index >= 15 is 0 Å². The van der Waals surface area contributed by atoms with E-state index in [1.807, 2.05) is 43.3 Å². The molecular weight excluding hydrogens is 503 g/mol. The molecule has 0 atom stereocenters. The van der Waals surface area contributed by atoms with Gasteiger partial charge in [-0.1, -0.05) is 24.4 Å². The lowest BCUT2D eigenvalue weighted by Gasteiger charge is -2.29. The van der Waals surface area contributed by atoms with E-state index in [2.05, 4.69) is 32.8 Å². The lowest BCUT2D eigenvalue weighted by molar-refractivity contribution is -0.118. The van der Waals surface area contributed by atoms with Crippen molar-refractivity contribution >= 4 is 51.4 Å². The van der Waals surface area contributed by atoms with Gasteiger partial charge in [0.2, 0.25) is 0 Å². The number of thiocarbonyl (C=S) groups is 1. The van der Waals surface area contributed by atoms with E-state index in [1.54, 1.807) is 7.11 Å². The van der Waals surface area contributed by atoms with Crippen molar-refractivity contribution in [2.45, 2.75) is 6.92 Å². The van der Waals surface area contributed by atoms with Crippen molar-refractivity contribution in [1.82, 2.24) is 4.90 Å². The number of ether oxygens (including phenoxy) is 3. The van der Waals surface area contributed by atoms with Crippen molar-refractivity contribution in [2.24, 2.45) is 0 Å². The number of morpholine rings is 1. The smallest absolute Gasteiger partial charge is 0.262 e. The molecule has 0 saturated carbocycles. The van der Waals surface area contributed by atoms with Crippen LogP contribution in [0.15, 0.2) is 36.4 Å². The molecule has 0 spiro atoms. The fourth-order valence-electron chi connectivity index (χ4n) is 2.99. The van der Waals surface area contributed by atoms with Gasteiger partial charge in [-0.2, -0.15) is 0 Å². The molecule has 6 nitrogen and oxygen atoms in total. The highest BCUT2D eigenvalue weighted by Crippen LogP contribution is 2.34. The fourth-order valence-corrected chi connectivity index (χ4v) is 4.05. The molecule has 0 aliphatic carbocycles. The second-order valence-electron chi connectivity index (χ2n) is 6.60. The Labute approximate surface area is 189 Å². The third-order valence-electron chi connectivity index (χ3n) is 4.42. The van der Waals surface area contributed by atoms with Gasteiger partial charge in [0.1, 0.15) is 4.99 Å². The molecule has 0 aromatic heterocycles. The van der Waals surface area contributed by atoms with Gasteiger partial charge in [-0.25, -0.2) is 0 Å². The molecule has 0 bridgehead atoms. The van der Waals surface area contributed by atoms with Crippen LogP contribution >= 0.6 is 34.8 Å². The zero-order valence-electron chi connectivity index (χ0n) is 16.4. The number of hydrogen-bond donors (Lipinski definition) is 1. The first-order valence-electron chi connectivity index (χ1n) is 9.22. The zero-order chi connectivity index (χ0) is 20.8. The molecule has 1 aliphatic heterocycles. The Kier molecular flexibility index (Phi) is 7.68. The van der Waals surface area contributed by atoms with Crippen molar-refractivity contribution < 1.29 is 19.0 Å². The highest BCUT2D eigenvalue weighted by Gasteiger charge is 2.19. The van der Waals surface area contributed by atoms with Crippen molar-refractivity contribution in [3.63, 3.8) is 0 Å². The molecule has 1 fully saturated rings. The van der Waals surface area contributed by atoms with Gasteiger partial charge in [-0.05, 0) is 59.3 Å². The van der Waals surface area contributed by atoms with Crippen LogP contribution in [0.5, 0.6) is 11.5 Å². The number of anilines is 1. The van der Waals surface area contributed by atoms with E-state index in [9.17, 15) is 4.79 Å². The van der Waals surface area contributed by atoms with Crippen LogP contribution in [0.25, 0.3) is 0 Å². The number of carbonyl (C=O) groups excluding carboxylic acids is 1. The molecule has 1 saturated heterocycles. The molecule has 1 amide bonds. The molecule has 8 heteroatoms. The van der Waals surface area contributed by atoms with Gasteiger partial charge >= 0.3 is 0 Å². The third kappa shape index (κ3) is 5.80. The number of hydrogen-bond acceptors (Lipinski definition) is 5. The van der Waals surface area contributed by atoms with Crippen molar-refractivity contribution in [3.8, 4) is 11.5 Å². The minimum absolute atomic E-state index is 0.117. The number of nitrogens with zero attached hydrogens (tertiary/aromatic N) is 1. The largest absolute Gasteiger partial charge is 0.493 e. The number of methoxy groups -OCH3 is 1. The third-order valence-corrected chi connectivity index (χ3v) is 5.72. The van der Waals surface area contributed by atoms with E-state index in [-0.39, 0.29) is 12.5 Å². The molecule has 3 rings (SSSR count). The molecule has 1 heterocycles. The summed E-state index contributed by atoms with van der Waals surface area (Å²) in [5.41, 5.74) is 2.71. The summed E-state index contributed by atoms with van der Waals surface area (Å²) in [6.07, 6.45) is 0. The maximum atomic E-state index is 12.3. The first-order chi connectivity index (χ1) is 14.0. The summed E-state index contributed by atoms with van der Waals surface area (Å²) < 4.78 is 17.5. The quantitative estimate of drug-likeness (QED) is 0.459. The average Bonchev–Trinajstić information content (AvgIpc) is 2.72. The van der Waals surface area contributed by atoms with Gasteiger partial charge in [0, 0.05) is 24.3 Å². The van der Waals surface area contributed by atoms with Crippen LogP contribution in [0.4, 0.5) is 5.69 Å². The van der Waals surface area contributed by atoms with Crippen molar-refractivity contribution in [3.05, 3.63) is 51.1 Å². The molecule has 154 valence electrons. The minimum atomic E-state index is -0.235. The number of aryl methyl sites for hydroxylation is 1. The van der Waals surface area contributed by atoms with Crippen LogP contribution in [0.2, 0.25) is 0 Å². The number of rotatable bonds is 6. The lowest BCUT2D eigenvalue weighted by atomic mass is 10.1. The number of amides is 1. The maximum Gasteiger partial charge on any atom is 0.262 e. The Morgan fingerprint density at radius 3 is 2.72 bits per heavy atom. The normalized spacial score (nSPS) is 13.7. The Bertz CT molecular complexity index is 900. The average molecular weight is 526 g/mol. The van der Waals surface area contributed by atoms with Gasteiger partial charge in [0.25, 0.3) is 5.91 Å². The summed E-state index contributed by atoms with van der Waals surface area (Å²) in [4.78, 5) is 15.2. The van der Waals surface area contributed by atoms with Crippen LogP contribution in [0.1, 0.15) is 11.1 Å². The van der Waals surface area contributed by atoms with Crippen LogP contribution in [-0.2, 0) is 9.53 Å². The maximum absolute atomic E-state index is 12.3. The Balaban J connectivity index is 1.68. The summed E-state index contributed by atoms with van der Waals surface area (Å²) >= 11 is 7.82. The molecular formula is C21H23IN2O4S. The first kappa shape index (κ1) is 21.8. The highest BCUT2D eigenvalue weighted by atomic mass is 127. The van der Waals surface area contributed by atoms with Crippen LogP contribution < -0.4 is 14.8 Å². The number of carbonyl (C=O) groups is 1. The van der Waals surface area contributed by atoms with Gasteiger partial charge in [-0.15, -0.1) is 0 Å². The molecule has 1 aliphatic rings. The topological polar surface area (TPSA) is 60.0 Å². The molecule has 2 aromatic carbocycles. The monoisotopic (exact) mass is 526 g/mol. The van der Waals surface area contributed by atoms with Crippen LogP contribution in [0, 0.1) is 10.5 Å². The zero-order valence-corrected chi connectivity index (χ0v) is 19.3. The summed E-state index contributed by atoms with van der Waals surface area (Å²) in [5, 5.41) is 2.84. The summed E-state index contributed by atoms with van der Waals surface area (Å²) in [6.45, 7) is 4.75. The first-order valence-corrected chi connectivity index (χ1v) is 10.7. The predicted octanol–water partition coefficient (Wildman–Crippen LogP) is 3.63. The van der Waals surface area contributed by atoms with Gasteiger partial charge in [0.05, 0.1) is 23.9 Å². The second kappa shape index (κ2) is 10.2. The van der Waals surface area contributed by atoms with E-state index in [0.29, 0.717) is 24.7 Å². The molecule has 1 N–H and O–H groups in total. The fraction of sp³-hybridized carbons (Fsp3) is 0.333. The van der Waals surface area contributed by atoms with Gasteiger partial charge in [0.15, 0.2) is 18.1 Å². The highest BCUT2D eigenvalue weighted by molar-refractivity contribution is 14.1. The Morgan fingerprint density at radius 1 is 1.28 bits per heavy atom. The summed E-state index contributed by atoms with van der Waals surface area (Å²) in [5.74, 6) is 0.841. The van der Waals surface area contributed by atoms with E-state index in [0.717, 1.165) is 38.5 Å². The minimum Gasteiger partial charge on any atom is -0.493 e. The van der Waals surface area contributed by atoms with E-state index < -0.39 is 0 Å². The molecule has 0 unspecified atom stereocenters. The summed E-state index contributed by atoms with van der Waals surface area (Å²) in [6, 6.07) is 11.4. The standard InChI is InChI=1S/C21H23IN2O4S/c1-14-4-3-5-16(10-14)23-19(25)13-28-20-17(22)11-15(12-18(20)26-2)21(29)24-6-8-27-9-7-24/h3-5,10-12H,6-9,13H2,1-2H3,(H,23,25). The van der Waals surface area contributed by atoms with Crippen LogP contribution in [-0.4, -0.2) is 55.8 Å². The second-order valence-corrected chi connectivity index (χ2v) is 8.15. The van der Waals surface area contributed by atoms with Crippen molar-refractivity contribution in [1.29, 1.82) is 0 Å². The number of halogens is 1. The van der Waals surface area contributed by atoms with E-state index in [1.165, 1.54) is 0 Å². The van der Waals surface area contributed by atoms with Gasteiger partial charge < -0.3 is 24.4 Å². The Morgan fingerprint density at radius 2 is 2.03 bits per heavy atom. The SMILES string of the molecule is COc1cc(C(=S)N2CCOCC2)cc(I)c1OCC(=O)Nc1cccc(C)c1. The molecule has 0 radical (unpaired) electrons. The van der Waals surface area contributed by atoms with Gasteiger partial charge in [-0.3, -0.25) is 4.79 Å². The predicted molar refractivity (Wildman–Crippen MR) is 125 cm³/mol. The molecule has 29 heavy (non-hydrogen) atoms. The summed E-state index contributed by atoms with van der Waals surface area (Å²) in [7, 11) is 1.58. The van der Waals surface area contributed by atoms with Crippen molar-refractivity contribution in [2.75, 3.05) is 45.3 Å². The number of benzene rings is 2.